The number of anilines is 1. The average Bonchev–Trinajstić information content (AvgIpc) is 2.26. The van der Waals surface area contributed by atoms with E-state index in [4.69, 9.17) is 5.73 Å². The molecule has 96 valence electrons. The Morgan fingerprint density at radius 1 is 1.41 bits per heavy atom. The highest BCUT2D eigenvalue weighted by atomic mass is 79.9. The van der Waals surface area contributed by atoms with E-state index in [0.717, 1.165) is 18.6 Å². The van der Waals surface area contributed by atoms with Crippen LogP contribution in [0.3, 0.4) is 0 Å². The summed E-state index contributed by atoms with van der Waals surface area (Å²) in [4.78, 5) is 0. The minimum Gasteiger partial charge on any atom is -0.380 e. The Bertz CT molecular complexity index is 375. The van der Waals surface area contributed by atoms with Crippen molar-refractivity contribution < 1.29 is 13.2 Å². The SMILES string of the molecule is CCC(CN)Nc1ccc(C(F)(F)F)cc1Br. The number of benzene rings is 1. The molecule has 0 aliphatic rings. The predicted octanol–water partition coefficient (Wildman–Crippen LogP) is 3.62. The van der Waals surface area contributed by atoms with Crippen molar-refractivity contribution in [1.29, 1.82) is 0 Å². The highest BCUT2D eigenvalue weighted by molar-refractivity contribution is 9.10. The van der Waals surface area contributed by atoms with E-state index in [2.05, 4.69) is 21.2 Å². The van der Waals surface area contributed by atoms with Crippen LogP contribution in [0.25, 0.3) is 0 Å². The first-order valence-corrected chi connectivity index (χ1v) is 6.01. The highest BCUT2D eigenvalue weighted by Crippen LogP contribution is 2.34. The first kappa shape index (κ1) is 14.3. The molecule has 0 aliphatic heterocycles. The molecule has 1 aromatic carbocycles. The fraction of sp³-hybridized carbons (Fsp3) is 0.455. The van der Waals surface area contributed by atoms with E-state index in [-0.39, 0.29) is 6.04 Å². The van der Waals surface area contributed by atoms with Crippen LogP contribution in [-0.2, 0) is 6.18 Å². The molecule has 0 heterocycles. The molecule has 6 heteroatoms. The number of hydrogen-bond donors (Lipinski definition) is 2. The van der Waals surface area contributed by atoms with E-state index in [1.165, 1.54) is 6.07 Å². The van der Waals surface area contributed by atoms with Crippen LogP contribution < -0.4 is 11.1 Å². The number of halogens is 4. The largest absolute Gasteiger partial charge is 0.416 e. The molecule has 1 aromatic rings. The summed E-state index contributed by atoms with van der Waals surface area (Å²) in [5.74, 6) is 0. The molecule has 0 fully saturated rings. The summed E-state index contributed by atoms with van der Waals surface area (Å²) in [5, 5.41) is 3.09. The maximum Gasteiger partial charge on any atom is 0.416 e. The Labute approximate surface area is 107 Å². The summed E-state index contributed by atoms with van der Waals surface area (Å²) in [6.45, 7) is 2.40. The zero-order valence-electron chi connectivity index (χ0n) is 9.31. The third-order valence-electron chi connectivity index (χ3n) is 2.43. The minimum atomic E-state index is -4.32. The quantitative estimate of drug-likeness (QED) is 0.891. The lowest BCUT2D eigenvalue weighted by atomic mass is 10.1. The topological polar surface area (TPSA) is 38.0 Å². The molecule has 0 saturated heterocycles. The molecular weight excluding hydrogens is 297 g/mol. The molecule has 3 N–H and O–H groups in total. The number of rotatable bonds is 4. The van der Waals surface area contributed by atoms with Gasteiger partial charge in [-0.1, -0.05) is 6.92 Å². The zero-order valence-corrected chi connectivity index (χ0v) is 10.9. The van der Waals surface area contributed by atoms with Gasteiger partial charge in [-0.3, -0.25) is 0 Å². The van der Waals surface area contributed by atoms with E-state index in [0.29, 0.717) is 16.7 Å². The summed E-state index contributed by atoms with van der Waals surface area (Å²) >= 11 is 3.12. The normalized spacial score (nSPS) is 13.5. The van der Waals surface area contributed by atoms with Gasteiger partial charge in [-0.15, -0.1) is 0 Å². The number of alkyl halides is 3. The molecular formula is C11H14BrF3N2. The molecule has 17 heavy (non-hydrogen) atoms. The van der Waals surface area contributed by atoms with Crippen LogP contribution in [0.4, 0.5) is 18.9 Å². The van der Waals surface area contributed by atoms with Crippen LogP contribution in [0.1, 0.15) is 18.9 Å². The van der Waals surface area contributed by atoms with Gasteiger partial charge in [0.2, 0.25) is 0 Å². The smallest absolute Gasteiger partial charge is 0.380 e. The van der Waals surface area contributed by atoms with Crippen LogP contribution in [-0.4, -0.2) is 12.6 Å². The molecule has 0 aromatic heterocycles. The Morgan fingerprint density at radius 2 is 2.06 bits per heavy atom. The van der Waals surface area contributed by atoms with Gasteiger partial charge in [-0.25, -0.2) is 0 Å². The summed E-state index contributed by atoms with van der Waals surface area (Å²) in [6.07, 6.45) is -3.51. The highest BCUT2D eigenvalue weighted by Gasteiger charge is 2.30. The van der Waals surface area contributed by atoms with Crippen LogP contribution in [0, 0.1) is 0 Å². The van der Waals surface area contributed by atoms with Crippen molar-refractivity contribution in [1.82, 2.24) is 0 Å². The van der Waals surface area contributed by atoms with Crippen LogP contribution in [0.5, 0.6) is 0 Å². The van der Waals surface area contributed by atoms with Gasteiger partial charge in [0.1, 0.15) is 0 Å². The molecule has 0 spiro atoms. The summed E-state index contributed by atoms with van der Waals surface area (Å²) in [6, 6.07) is 3.58. The van der Waals surface area contributed by atoms with E-state index in [1.54, 1.807) is 0 Å². The standard InChI is InChI=1S/C11H14BrF3N2/c1-2-8(6-16)17-10-4-3-7(5-9(10)12)11(13,14)15/h3-5,8,17H,2,6,16H2,1H3. The Hall–Kier alpha value is -0.750. The zero-order chi connectivity index (χ0) is 13.1. The fourth-order valence-corrected chi connectivity index (χ4v) is 1.85. The Balaban J connectivity index is 2.90. The summed E-state index contributed by atoms with van der Waals surface area (Å²) in [5.41, 5.74) is 5.47. The second kappa shape index (κ2) is 5.73. The van der Waals surface area contributed by atoms with Gasteiger partial charge >= 0.3 is 6.18 Å². The molecule has 1 atom stereocenters. The second-order valence-corrected chi connectivity index (χ2v) is 4.53. The molecule has 0 aliphatic carbocycles. The number of hydrogen-bond acceptors (Lipinski definition) is 2. The number of nitrogens with two attached hydrogens (primary N) is 1. The molecule has 1 unspecified atom stereocenters. The van der Waals surface area contributed by atoms with Crippen molar-refractivity contribution in [3.8, 4) is 0 Å². The monoisotopic (exact) mass is 310 g/mol. The van der Waals surface area contributed by atoms with Crippen LogP contribution in [0.15, 0.2) is 22.7 Å². The molecule has 0 radical (unpaired) electrons. The van der Waals surface area contributed by atoms with Crippen molar-refractivity contribution in [2.24, 2.45) is 5.73 Å². The van der Waals surface area contributed by atoms with Crippen molar-refractivity contribution in [3.63, 3.8) is 0 Å². The second-order valence-electron chi connectivity index (χ2n) is 3.68. The van der Waals surface area contributed by atoms with Gasteiger partial charge in [-0.2, -0.15) is 13.2 Å². The number of nitrogens with one attached hydrogen (secondary N) is 1. The van der Waals surface area contributed by atoms with E-state index in [1.807, 2.05) is 6.92 Å². The first-order valence-electron chi connectivity index (χ1n) is 5.21. The van der Waals surface area contributed by atoms with Gasteiger partial charge in [0.25, 0.3) is 0 Å². The molecule has 0 saturated carbocycles. The van der Waals surface area contributed by atoms with Crippen LogP contribution in [0.2, 0.25) is 0 Å². The van der Waals surface area contributed by atoms with Crippen molar-refractivity contribution >= 4 is 21.6 Å². The molecule has 1 rings (SSSR count). The van der Waals surface area contributed by atoms with Crippen molar-refractivity contribution in [2.75, 3.05) is 11.9 Å². The van der Waals surface area contributed by atoms with E-state index < -0.39 is 11.7 Å². The van der Waals surface area contributed by atoms with Gasteiger partial charge in [0.05, 0.1) is 5.56 Å². The maximum absolute atomic E-state index is 12.4. The fourth-order valence-electron chi connectivity index (χ4n) is 1.36. The van der Waals surface area contributed by atoms with Crippen molar-refractivity contribution in [3.05, 3.63) is 28.2 Å². The maximum atomic E-state index is 12.4. The minimum absolute atomic E-state index is 0.0584. The lowest BCUT2D eigenvalue weighted by Crippen LogP contribution is -2.28. The summed E-state index contributed by atoms with van der Waals surface area (Å²) in [7, 11) is 0. The van der Waals surface area contributed by atoms with Crippen molar-refractivity contribution in [2.45, 2.75) is 25.6 Å². The average molecular weight is 311 g/mol. The van der Waals surface area contributed by atoms with Gasteiger partial charge in [0, 0.05) is 22.7 Å². The molecule has 0 bridgehead atoms. The lowest BCUT2D eigenvalue weighted by Gasteiger charge is -2.18. The third kappa shape index (κ3) is 3.89. The molecule has 0 amide bonds. The summed E-state index contributed by atoms with van der Waals surface area (Å²) < 4.78 is 37.7. The van der Waals surface area contributed by atoms with E-state index in [9.17, 15) is 13.2 Å². The Morgan fingerprint density at radius 3 is 2.47 bits per heavy atom. The first-order chi connectivity index (χ1) is 7.88. The molecule has 2 nitrogen and oxygen atoms in total. The Kier molecular flexibility index (Phi) is 4.82. The lowest BCUT2D eigenvalue weighted by molar-refractivity contribution is -0.137. The third-order valence-corrected chi connectivity index (χ3v) is 3.09. The van der Waals surface area contributed by atoms with E-state index >= 15 is 0 Å². The van der Waals surface area contributed by atoms with Gasteiger partial charge in [-0.05, 0) is 40.5 Å². The predicted molar refractivity (Wildman–Crippen MR) is 65.9 cm³/mol. The van der Waals surface area contributed by atoms with Gasteiger partial charge < -0.3 is 11.1 Å². The van der Waals surface area contributed by atoms with Gasteiger partial charge in [0.15, 0.2) is 0 Å². The van der Waals surface area contributed by atoms with Crippen LogP contribution >= 0.6 is 15.9 Å².